The molecule has 1 N–H and O–H groups in total. The van der Waals surface area contributed by atoms with Gasteiger partial charge in [-0.05, 0) is 36.8 Å². The molecule has 0 atom stereocenters. The Labute approximate surface area is 143 Å². The Bertz CT molecular complexity index is 855. The van der Waals surface area contributed by atoms with Gasteiger partial charge in [-0.3, -0.25) is 4.98 Å². The molecule has 25 heavy (non-hydrogen) atoms. The third-order valence-corrected chi connectivity index (χ3v) is 4.03. The van der Waals surface area contributed by atoms with Gasteiger partial charge in [-0.25, -0.2) is 0 Å². The van der Waals surface area contributed by atoms with Gasteiger partial charge in [0.25, 0.3) is 0 Å². The van der Waals surface area contributed by atoms with E-state index in [0.29, 0.717) is 29.0 Å². The number of aromatic nitrogens is 2. The van der Waals surface area contributed by atoms with Gasteiger partial charge < -0.3 is 9.72 Å². The van der Waals surface area contributed by atoms with Crippen molar-refractivity contribution in [1.29, 1.82) is 0 Å². The number of aromatic amines is 1. The van der Waals surface area contributed by atoms with Crippen molar-refractivity contribution in [2.24, 2.45) is 0 Å². The van der Waals surface area contributed by atoms with Crippen molar-refractivity contribution in [3.8, 4) is 17.0 Å². The van der Waals surface area contributed by atoms with Crippen molar-refractivity contribution in [2.75, 3.05) is 6.61 Å². The molecule has 132 valence electrons. The Hall–Kier alpha value is -2.50. The van der Waals surface area contributed by atoms with E-state index in [1.807, 2.05) is 0 Å². The molecule has 0 amide bonds. The van der Waals surface area contributed by atoms with Crippen LogP contribution in [0.5, 0.6) is 5.75 Å². The number of H-pyrrole nitrogens is 1. The highest BCUT2D eigenvalue weighted by atomic mass is 19.4. The van der Waals surface area contributed by atoms with E-state index in [2.05, 4.69) is 16.9 Å². The number of hydrogen-bond donors (Lipinski definition) is 1. The van der Waals surface area contributed by atoms with Gasteiger partial charge in [0.05, 0.1) is 24.1 Å². The Kier molecular flexibility index (Phi) is 4.97. The first-order valence-corrected chi connectivity index (χ1v) is 8.26. The van der Waals surface area contributed by atoms with Gasteiger partial charge in [-0.2, -0.15) is 13.2 Å². The fraction of sp³-hybridized carbons (Fsp3) is 0.316. The highest BCUT2D eigenvalue weighted by Gasteiger charge is 2.30. The third-order valence-electron chi connectivity index (χ3n) is 4.03. The number of unbranched alkanes of at least 4 members (excludes halogenated alkanes) is 2. The van der Waals surface area contributed by atoms with Crippen LogP contribution >= 0.6 is 0 Å². The van der Waals surface area contributed by atoms with Crippen LogP contribution in [0, 0.1) is 0 Å². The van der Waals surface area contributed by atoms with Crippen molar-refractivity contribution in [2.45, 2.75) is 32.4 Å². The predicted molar refractivity (Wildman–Crippen MR) is 91.6 cm³/mol. The summed E-state index contributed by atoms with van der Waals surface area (Å²) in [6.45, 7) is 2.71. The number of fused-ring (bicyclic) bond motifs is 1. The highest BCUT2D eigenvalue weighted by molar-refractivity contribution is 5.87. The van der Waals surface area contributed by atoms with Gasteiger partial charge in [-0.15, -0.1) is 0 Å². The zero-order chi connectivity index (χ0) is 17.9. The maximum Gasteiger partial charge on any atom is 0.416 e. The van der Waals surface area contributed by atoms with Crippen molar-refractivity contribution in [1.82, 2.24) is 9.97 Å². The van der Waals surface area contributed by atoms with E-state index in [1.165, 1.54) is 6.07 Å². The molecule has 3 aromatic rings. The summed E-state index contributed by atoms with van der Waals surface area (Å²) in [7, 11) is 0. The van der Waals surface area contributed by atoms with E-state index in [9.17, 15) is 13.2 Å². The molecule has 1 aromatic carbocycles. The quantitative estimate of drug-likeness (QED) is 0.570. The maximum absolute atomic E-state index is 12.9. The number of nitrogens with one attached hydrogen (secondary N) is 1. The van der Waals surface area contributed by atoms with Gasteiger partial charge >= 0.3 is 6.18 Å². The summed E-state index contributed by atoms with van der Waals surface area (Å²) < 4.78 is 44.4. The molecule has 2 aromatic heterocycles. The summed E-state index contributed by atoms with van der Waals surface area (Å²) in [6.07, 6.45) is 2.06. The van der Waals surface area contributed by atoms with Gasteiger partial charge in [0, 0.05) is 22.7 Å². The van der Waals surface area contributed by atoms with Crippen LogP contribution in [0.1, 0.15) is 31.7 Å². The first-order valence-electron chi connectivity index (χ1n) is 8.26. The molecule has 0 bridgehead atoms. The Morgan fingerprint density at radius 1 is 1.12 bits per heavy atom. The Morgan fingerprint density at radius 3 is 2.72 bits per heavy atom. The number of benzene rings is 1. The highest BCUT2D eigenvalue weighted by Crippen LogP contribution is 2.35. The number of alkyl halides is 3. The van der Waals surface area contributed by atoms with Crippen LogP contribution < -0.4 is 4.74 Å². The van der Waals surface area contributed by atoms with Crippen LogP contribution in [0.2, 0.25) is 0 Å². The standard InChI is InChI=1S/C19H19F3N2O/c1-2-3-4-9-25-18-12-23-8-7-15(18)17-11-13-10-14(19(20,21)22)5-6-16(13)24-17/h5-8,10-12,24H,2-4,9H2,1H3. The number of halogens is 3. The molecule has 6 heteroatoms. The second kappa shape index (κ2) is 7.17. The van der Waals surface area contributed by atoms with Gasteiger partial charge in [0.1, 0.15) is 5.75 Å². The molecule has 0 unspecified atom stereocenters. The predicted octanol–water partition coefficient (Wildman–Crippen LogP) is 5.82. The fourth-order valence-electron chi connectivity index (χ4n) is 2.71. The molecule has 0 saturated carbocycles. The molecular weight excluding hydrogens is 329 g/mol. The van der Waals surface area contributed by atoms with Crippen molar-refractivity contribution in [3.05, 3.63) is 48.3 Å². The monoisotopic (exact) mass is 348 g/mol. The summed E-state index contributed by atoms with van der Waals surface area (Å²) in [5.74, 6) is 0.626. The second-order valence-corrected chi connectivity index (χ2v) is 5.91. The molecule has 0 radical (unpaired) electrons. The normalized spacial score (nSPS) is 11.8. The molecule has 0 aliphatic rings. The minimum absolute atomic E-state index is 0.513. The number of nitrogens with zero attached hydrogens (tertiary/aromatic N) is 1. The van der Waals surface area contributed by atoms with E-state index in [0.717, 1.165) is 37.0 Å². The average molecular weight is 348 g/mol. The van der Waals surface area contributed by atoms with E-state index < -0.39 is 11.7 Å². The first kappa shape index (κ1) is 17.3. The molecule has 3 rings (SSSR count). The number of rotatable bonds is 6. The van der Waals surface area contributed by atoms with Crippen LogP contribution in [0.3, 0.4) is 0 Å². The van der Waals surface area contributed by atoms with Gasteiger partial charge in [0.15, 0.2) is 0 Å². The van der Waals surface area contributed by atoms with E-state index >= 15 is 0 Å². The van der Waals surface area contributed by atoms with Gasteiger partial charge in [0.2, 0.25) is 0 Å². The van der Waals surface area contributed by atoms with E-state index in [1.54, 1.807) is 24.5 Å². The fourth-order valence-corrected chi connectivity index (χ4v) is 2.71. The van der Waals surface area contributed by atoms with Gasteiger partial charge in [-0.1, -0.05) is 19.8 Å². The smallest absolute Gasteiger partial charge is 0.416 e. The Balaban J connectivity index is 1.91. The van der Waals surface area contributed by atoms with Crippen LogP contribution in [0.4, 0.5) is 13.2 Å². The summed E-state index contributed by atoms with van der Waals surface area (Å²) in [5, 5.41) is 0.513. The van der Waals surface area contributed by atoms with Crippen molar-refractivity contribution >= 4 is 10.9 Å². The number of hydrogen-bond acceptors (Lipinski definition) is 2. The van der Waals surface area contributed by atoms with Crippen LogP contribution in [0.15, 0.2) is 42.7 Å². The van der Waals surface area contributed by atoms with E-state index in [-0.39, 0.29) is 0 Å². The zero-order valence-corrected chi connectivity index (χ0v) is 13.9. The average Bonchev–Trinajstić information content (AvgIpc) is 3.01. The number of ether oxygens (including phenoxy) is 1. The van der Waals surface area contributed by atoms with Crippen LogP contribution in [-0.4, -0.2) is 16.6 Å². The van der Waals surface area contributed by atoms with Crippen molar-refractivity contribution in [3.63, 3.8) is 0 Å². The van der Waals surface area contributed by atoms with Crippen molar-refractivity contribution < 1.29 is 17.9 Å². The summed E-state index contributed by atoms with van der Waals surface area (Å²) in [6, 6.07) is 7.18. The summed E-state index contributed by atoms with van der Waals surface area (Å²) >= 11 is 0. The van der Waals surface area contributed by atoms with Crippen LogP contribution in [-0.2, 0) is 6.18 Å². The first-order chi connectivity index (χ1) is 12.0. The SMILES string of the molecule is CCCCCOc1cnccc1-c1cc2cc(C(F)(F)F)ccc2[nH]1. The number of pyridine rings is 1. The third kappa shape index (κ3) is 3.95. The molecule has 0 spiro atoms. The lowest BCUT2D eigenvalue weighted by molar-refractivity contribution is -0.137. The Morgan fingerprint density at radius 2 is 1.96 bits per heavy atom. The minimum Gasteiger partial charge on any atom is -0.491 e. The zero-order valence-electron chi connectivity index (χ0n) is 13.9. The summed E-state index contributed by atoms with van der Waals surface area (Å²) in [5.41, 5.74) is 1.49. The molecule has 2 heterocycles. The molecular formula is C19H19F3N2O. The summed E-state index contributed by atoms with van der Waals surface area (Å²) in [4.78, 5) is 7.24. The maximum atomic E-state index is 12.9. The lowest BCUT2D eigenvalue weighted by Crippen LogP contribution is -2.03. The topological polar surface area (TPSA) is 37.9 Å². The second-order valence-electron chi connectivity index (χ2n) is 5.91. The lowest BCUT2D eigenvalue weighted by atomic mass is 10.1. The minimum atomic E-state index is -4.35. The molecule has 0 aliphatic carbocycles. The molecule has 0 aliphatic heterocycles. The molecule has 0 fully saturated rings. The lowest BCUT2D eigenvalue weighted by Gasteiger charge is -2.09. The van der Waals surface area contributed by atoms with Crippen LogP contribution in [0.25, 0.3) is 22.2 Å². The molecule has 3 nitrogen and oxygen atoms in total. The molecule has 0 saturated heterocycles. The van der Waals surface area contributed by atoms with E-state index in [4.69, 9.17) is 4.74 Å². The largest absolute Gasteiger partial charge is 0.491 e.